The predicted molar refractivity (Wildman–Crippen MR) is 80.8 cm³/mol. The van der Waals surface area contributed by atoms with Gasteiger partial charge in [-0.1, -0.05) is 36.2 Å². The number of aryl methyl sites for hydroxylation is 1. The van der Waals surface area contributed by atoms with E-state index in [0.717, 1.165) is 32.4 Å². The Bertz CT molecular complexity index is 403. The van der Waals surface area contributed by atoms with Crippen LogP contribution < -0.4 is 10.6 Å². The standard InChI is InChI=1S/C15H22N2O.ClH/c1-12-5-4-6-13(11-12)8-10-17-15(18)14-7-2-3-9-16-14;/h4-6,11,14,16H,2-3,7-10H2,1H3,(H,17,18);1H. The minimum Gasteiger partial charge on any atom is -0.354 e. The van der Waals surface area contributed by atoms with E-state index in [1.165, 1.54) is 17.5 Å². The molecule has 4 heteroatoms. The minimum atomic E-state index is 0. The van der Waals surface area contributed by atoms with Crippen LogP contribution in [0.3, 0.4) is 0 Å². The third kappa shape index (κ3) is 5.21. The lowest BCUT2D eigenvalue weighted by Crippen LogP contribution is -2.47. The van der Waals surface area contributed by atoms with Crippen LogP contribution in [0.2, 0.25) is 0 Å². The molecule has 1 fully saturated rings. The predicted octanol–water partition coefficient (Wildman–Crippen LogP) is 2.22. The second kappa shape index (κ2) is 8.18. The Morgan fingerprint density at radius 2 is 2.26 bits per heavy atom. The number of piperidine rings is 1. The Morgan fingerprint density at radius 1 is 1.42 bits per heavy atom. The SMILES string of the molecule is Cc1cccc(CCNC(=O)C2CCCCN2)c1.Cl. The summed E-state index contributed by atoms with van der Waals surface area (Å²) in [4.78, 5) is 11.9. The molecule has 1 heterocycles. The number of amides is 1. The fraction of sp³-hybridized carbons (Fsp3) is 0.533. The highest BCUT2D eigenvalue weighted by molar-refractivity contribution is 5.85. The molecule has 1 saturated heterocycles. The molecule has 0 aromatic heterocycles. The summed E-state index contributed by atoms with van der Waals surface area (Å²) >= 11 is 0. The van der Waals surface area contributed by atoms with E-state index in [0.29, 0.717) is 0 Å². The molecular formula is C15H23ClN2O. The van der Waals surface area contributed by atoms with E-state index in [-0.39, 0.29) is 24.4 Å². The average molecular weight is 283 g/mol. The van der Waals surface area contributed by atoms with Crippen molar-refractivity contribution in [3.8, 4) is 0 Å². The lowest BCUT2D eigenvalue weighted by molar-refractivity contribution is -0.123. The molecule has 1 atom stereocenters. The van der Waals surface area contributed by atoms with Gasteiger partial charge in [-0.2, -0.15) is 0 Å². The number of hydrogen-bond donors (Lipinski definition) is 2. The van der Waals surface area contributed by atoms with Crippen molar-refractivity contribution in [1.29, 1.82) is 0 Å². The molecule has 3 nitrogen and oxygen atoms in total. The van der Waals surface area contributed by atoms with E-state index in [1.807, 2.05) is 0 Å². The monoisotopic (exact) mass is 282 g/mol. The molecular weight excluding hydrogens is 260 g/mol. The number of rotatable bonds is 4. The second-order valence-corrected chi connectivity index (χ2v) is 5.03. The maximum Gasteiger partial charge on any atom is 0.237 e. The van der Waals surface area contributed by atoms with Crippen LogP contribution >= 0.6 is 12.4 Å². The lowest BCUT2D eigenvalue weighted by atomic mass is 10.0. The molecule has 0 saturated carbocycles. The van der Waals surface area contributed by atoms with Crippen LogP contribution in [0.5, 0.6) is 0 Å². The van der Waals surface area contributed by atoms with Gasteiger partial charge in [0.15, 0.2) is 0 Å². The van der Waals surface area contributed by atoms with Gasteiger partial charge >= 0.3 is 0 Å². The van der Waals surface area contributed by atoms with Crippen molar-refractivity contribution in [2.45, 2.75) is 38.6 Å². The summed E-state index contributed by atoms with van der Waals surface area (Å²) in [5, 5.41) is 6.28. The molecule has 1 aromatic carbocycles. The van der Waals surface area contributed by atoms with Crippen molar-refractivity contribution in [3.63, 3.8) is 0 Å². The van der Waals surface area contributed by atoms with Gasteiger partial charge in [0.25, 0.3) is 0 Å². The van der Waals surface area contributed by atoms with E-state index >= 15 is 0 Å². The summed E-state index contributed by atoms with van der Waals surface area (Å²) in [7, 11) is 0. The Morgan fingerprint density at radius 3 is 2.95 bits per heavy atom. The summed E-state index contributed by atoms with van der Waals surface area (Å²) < 4.78 is 0. The molecule has 2 rings (SSSR count). The number of carbonyl (C=O) groups excluding carboxylic acids is 1. The van der Waals surface area contributed by atoms with E-state index < -0.39 is 0 Å². The maximum absolute atomic E-state index is 11.9. The van der Waals surface area contributed by atoms with E-state index in [1.54, 1.807) is 0 Å². The van der Waals surface area contributed by atoms with Gasteiger partial charge in [-0.3, -0.25) is 4.79 Å². The fourth-order valence-corrected chi connectivity index (χ4v) is 2.40. The lowest BCUT2D eigenvalue weighted by Gasteiger charge is -2.22. The number of nitrogens with one attached hydrogen (secondary N) is 2. The van der Waals surface area contributed by atoms with Crippen molar-refractivity contribution in [3.05, 3.63) is 35.4 Å². The smallest absolute Gasteiger partial charge is 0.237 e. The van der Waals surface area contributed by atoms with Crippen molar-refractivity contribution < 1.29 is 4.79 Å². The van der Waals surface area contributed by atoms with Crippen molar-refractivity contribution in [1.82, 2.24) is 10.6 Å². The van der Waals surface area contributed by atoms with Crippen molar-refractivity contribution in [2.75, 3.05) is 13.1 Å². The van der Waals surface area contributed by atoms with Gasteiger partial charge in [-0.25, -0.2) is 0 Å². The Hall–Kier alpha value is -1.06. The van der Waals surface area contributed by atoms with E-state index in [2.05, 4.69) is 41.8 Å². The highest BCUT2D eigenvalue weighted by Gasteiger charge is 2.19. The summed E-state index contributed by atoms with van der Waals surface area (Å²) in [6.07, 6.45) is 4.21. The first kappa shape index (κ1) is 16.0. The molecule has 106 valence electrons. The molecule has 1 aliphatic rings. The molecule has 1 unspecified atom stereocenters. The van der Waals surface area contributed by atoms with E-state index in [9.17, 15) is 4.79 Å². The largest absolute Gasteiger partial charge is 0.354 e. The van der Waals surface area contributed by atoms with Gasteiger partial charge in [0.2, 0.25) is 5.91 Å². The van der Waals surface area contributed by atoms with Crippen LogP contribution in [-0.2, 0) is 11.2 Å². The number of halogens is 1. The Kier molecular flexibility index (Phi) is 6.89. The van der Waals surface area contributed by atoms with Crippen LogP contribution in [0.1, 0.15) is 30.4 Å². The fourth-order valence-electron chi connectivity index (χ4n) is 2.40. The van der Waals surface area contributed by atoms with Gasteiger partial charge in [0, 0.05) is 6.54 Å². The zero-order valence-corrected chi connectivity index (χ0v) is 12.3. The molecule has 0 bridgehead atoms. The minimum absolute atomic E-state index is 0. The van der Waals surface area contributed by atoms with Gasteiger partial charge in [0.05, 0.1) is 6.04 Å². The van der Waals surface area contributed by atoms with Crippen LogP contribution in [0.25, 0.3) is 0 Å². The van der Waals surface area contributed by atoms with Crippen molar-refractivity contribution >= 4 is 18.3 Å². The summed E-state index contributed by atoms with van der Waals surface area (Å²) in [5.74, 6) is 0.155. The van der Waals surface area contributed by atoms with Crippen LogP contribution in [0.4, 0.5) is 0 Å². The summed E-state index contributed by atoms with van der Waals surface area (Å²) in [6, 6.07) is 8.46. The highest BCUT2D eigenvalue weighted by atomic mass is 35.5. The number of benzene rings is 1. The molecule has 0 aliphatic carbocycles. The van der Waals surface area contributed by atoms with Crippen LogP contribution in [0.15, 0.2) is 24.3 Å². The Labute approximate surface area is 121 Å². The molecule has 19 heavy (non-hydrogen) atoms. The van der Waals surface area contributed by atoms with Gasteiger partial charge in [0.1, 0.15) is 0 Å². The van der Waals surface area contributed by atoms with Crippen molar-refractivity contribution in [2.24, 2.45) is 0 Å². The average Bonchev–Trinajstić information content (AvgIpc) is 2.40. The number of hydrogen-bond acceptors (Lipinski definition) is 2. The molecule has 0 radical (unpaired) electrons. The van der Waals surface area contributed by atoms with Gasteiger partial charge in [-0.05, 0) is 38.3 Å². The Balaban J connectivity index is 0.00000180. The zero-order chi connectivity index (χ0) is 12.8. The molecule has 2 N–H and O–H groups in total. The molecule has 0 spiro atoms. The normalized spacial score (nSPS) is 18.5. The molecule has 1 aliphatic heterocycles. The summed E-state index contributed by atoms with van der Waals surface area (Å²) in [6.45, 7) is 3.78. The van der Waals surface area contributed by atoms with Gasteiger partial charge in [-0.15, -0.1) is 12.4 Å². The van der Waals surface area contributed by atoms with E-state index in [4.69, 9.17) is 0 Å². The topological polar surface area (TPSA) is 41.1 Å². The molecule has 1 aromatic rings. The quantitative estimate of drug-likeness (QED) is 0.889. The molecule has 1 amide bonds. The van der Waals surface area contributed by atoms with Gasteiger partial charge < -0.3 is 10.6 Å². The van der Waals surface area contributed by atoms with Crippen LogP contribution in [0, 0.1) is 6.92 Å². The first-order valence-electron chi connectivity index (χ1n) is 6.82. The third-order valence-electron chi connectivity index (χ3n) is 3.42. The third-order valence-corrected chi connectivity index (χ3v) is 3.42. The zero-order valence-electron chi connectivity index (χ0n) is 11.4. The second-order valence-electron chi connectivity index (χ2n) is 5.03. The first-order chi connectivity index (χ1) is 8.75. The first-order valence-corrected chi connectivity index (χ1v) is 6.82. The maximum atomic E-state index is 11.9. The summed E-state index contributed by atoms with van der Waals surface area (Å²) in [5.41, 5.74) is 2.56. The number of carbonyl (C=O) groups is 1. The highest BCUT2D eigenvalue weighted by Crippen LogP contribution is 2.07. The van der Waals surface area contributed by atoms with Crippen LogP contribution in [-0.4, -0.2) is 25.0 Å².